The number of amides is 1. The van der Waals surface area contributed by atoms with Crippen molar-refractivity contribution >= 4 is 28.9 Å². The zero-order valence-electron chi connectivity index (χ0n) is 20.8. The molecule has 1 heterocycles. The van der Waals surface area contributed by atoms with Crippen LogP contribution in [0.4, 0.5) is 0 Å². The number of aryl methyl sites for hydroxylation is 1. The molecule has 0 spiro atoms. The van der Waals surface area contributed by atoms with Crippen LogP contribution in [0.3, 0.4) is 0 Å². The summed E-state index contributed by atoms with van der Waals surface area (Å²) >= 11 is 0. The molecule has 10 heteroatoms. The fourth-order valence-electron chi connectivity index (χ4n) is 3.45. The van der Waals surface area contributed by atoms with Gasteiger partial charge in [-0.1, -0.05) is 39.0 Å². The van der Waals surface area contributed by atoms with Crippen molar-refractivity contribution in [2.75, 3.05) is 20.3 Å². The second kappa shape index (κ2) is 11.5. The summed E-state index contributed by atoms with van der Waals surface area (Å²) in [7, 11) is 1.20. The number of aromatic nitrogens is 3. The molecule has 0 bridgehead atoms. The van der Waals surface area contributed by atoms with Gasteiger partial charge in [-0.05, 0) is 35.6 Å². The summed E-state index contributed by atoms with van der Waals surface area (Å²) in [5.41, 5.74) is 3.09. The Morgan fingerprint density at radius 2 is 1.69 bits per heavy atom. The molecule has 0 radical (unpaired) electrons. The fraction of sp³-hybridized carbons (Fsp3) is 0.346. The minimum absolute atomic E-state index is 0.0356. The summed E-state index contributed by atoms with van der Waals surface area (Å²) in [6.07, 6.45) is 2.53. The first-order chi connectivity index (χ1) is 17.1. The number of phenols is 1. The molecule has 36 heavy (non-hydrogen) atoms. The molecular weight excluding hydrogens is 464 g/mol. The largest absolute Gasteiger partial charge is 0.505 e. The van der Waals surface area contributed by atoms with Gasteiger partial charge in [0.15, 0.2) is 0 Å². The molecule has 2 N–H and O–H groups in total. The van der Waals surface area contributed by atoms with E-state index in [0.29, 0.717) is 23.1 Å². The van der Waals surface area contributed by atoms with E-state index in [1.165, 1.54) is 11.9 Å². The average molecular weight is 495 g/mol. The Bertz CT molecular complexity index is 1260. The number of hydrogen-bond donors (Lipinski definition) is 2. The smallest absolute Gasteiger partial charge is 0.331 e. The molecule has 1 amide bonds. The van der Waals surface area contributed by atoms with Crippen LogP contribution in [0, 0.1) is 0 Å². The SMILES string of the molecule is COC(=O)C=CC(=O)OCCNC(=O)CCc1cc(-n2nc3ccccc3n2)c(O)c(C(C)(C)C)c1. The lowest BCUT2D eigenvalue weighted by molar-refractivity contribution is -0.139. The maximum atomic E-state index is 12.3. The standard InChI is InChI=1S/C26H30N4O6/c1-26(2,3)18-15-17(9-10-22(31)27-13-14-36-24(33)12-11-23(32)35-4)16-21(25(18)34)30-28-19-7-5-6-8-20(19)29-30/h5-8,11-12,15-16,34H,9-10,13-14H2,1-4H3,(H,27,31). The Labute approximate surface area is 208 Å². The third kappa shape index (κ3) is 6.91. The van der Waals surface area contributed by atoms with E-state index < -0.39 is 11.9 Å². The number of rotatable bonds is 9. The predicted octanol–water partition coefficient (Wildman–Crippen LogP) is 2.74. The Kier molecular flexibility index (Phi) is 8.42. The van der Waals surface area contributed by atoms with Gasteiger partial charge in [-0.2, -0.15) is 0 Å². The maximum Gasteiger partial charge on any atom is 0.331 e. The quantitative estimate of drug-likeness (QED) is 0.264. The Hall–Kier alpha value is -4.21. The molecule has 0 aliphatic rings. The second-order valence-corrected chi connectivity index (χ2v) is 9.11. The molecule has 3 rings (SSSR count). The van der Waals surface area contributed by atoms with E-state index in [9.17, 15) is 19.5 Å². The predicted molar refractivity (Wildman–Crippen MR) is 133 cm³/mol. The zero-order chi connectivity index (χ0) is 26.3. The normalized spacial score (nSPS) is 11.6. The van der Waals surface area contributed by atoms with Gasteiger partial charge in [0.1, 0.15) is 29.1 Å². The molecule has 0 aliphatic heterocycles. The number of nitrogens with one attached hydrogen (secondary N) is 1. The lowest BCUT2D eigenvalue weighted by Crippen LogP contribution is -2.28. The van der Waals surface area contributed by atoms with Crippen molar-refractivity contribution in [3.8, 4) is 11.4 Å². The third-order valence-electron chi connectivity index (χ3n) is 5.33. The highest BCUT2D eigenvalue weighted by Gasteiger charge is 2.23. The van der Waals surface area contributed by atoms with Crippen molar-refractivity contribution in [1.29, 1.82) is 0 Å². The summed E-state index contributed by atoms with van der Waals surface area (Å²) in [5, 5.41) is 22.7. The lowest BCUT2D eigenvalue weighted by Gasteiger charge is -2.23. The van der Waals surface area contributed by atoms with Crippen molar-refractivity contribution in [2.24, 2.45) is 0 Å². The van der Waals surface area contributed by atoms with E-state index >= 15 is 0 Å². The number of hydrogen-bond acceptors (Lipinski definition) is 8. The molecule has 0 atom stereocenters. The van der Waals surface area contributed by atoms with Gasteiger partial charge in [-0.3, -0.25) is 4.79 Å². The molecule has 0 saturated carbocycles. The van der Waals surface area contributed by atoms with Crippen LogP contribution < -0.4 is 5.32 Å². The van der Waals surface area contributed by atoms with E-state index in [-0.39, 0.29) is 36.6 Å². The average Bonchev–Trinajstić information content (AvgIpc) is 3.27. The van der Waals surface area contributed by atoms with Crippen LogP contribution in [-0.2, 0) is 35.7 Å². The number of benzene rings is 2. The number of aromatic hydroxyl groups is 1. The van der Waals surface area contributed by atoms with Gasteiger partial charge in [0.05, 0.1) is 13.7 Å². The van der Waals surface area contributed by atoms with Crippen LogP contribution in [0.2, 0.25) is 0 Å². The molecule has 190 valence electrons. The first kappa shape index (κ1) is 26.4. The van der Waals surface area contributed by atoms with Gasteiger partial charge >= 0.3 is 11.9 Å². The summed E-state index contributed by atoms with van der Waals surface area (Å²) in [5.74, 6) is -1.49. The number of carbonyl (C=O) groups excluding carboxylic acids is 3. The summed E-state index contributed by atoms with van der Waals surface area (Å²) in [4.78, 5) is 36.2. The Balaban J connectivity index is 1.65. The van der Waals surface area contributed by atoms with Crippen molar-refractivity contribution in [1.82, 2.24) is 20.3 Å². The fourth-order valence-corrected chi connectivity index (χ4v) is 3.45. The van der Waals surface area contributed by atoms with Crippen LogP contribution in [0.25, 0.3) is 16.7 Å². The highest BCUT2D eigenvalue weighted by molar-refractivity contribution is 5.91. The minimum atomic E-state index is -0.708. The first-order valence-electron chi connectivity index (χ1n) is 11.5. The van der Waals surface area contributed by atoms with Crippen molar-refractivity contribution < 1.29 is 29.0 Å². The van der Waals surface area contributed by atoms with Gasteiger partial charge in [0, 0.05) is 24.1 Å². The number of nitrogens with zero attached hydrogens (tertiary/aromatic N) is 3. The summed E-state index contributed by atoms with van der Waals surface area (Å²) in [6.45, 7) is 6.09. The number of fused-ring (bicyclic) bond motifs is 1. The summed E-state index contributed by atoms with van der Waals surface area (Å²) < 4.78 is 9.30. The molecular formula is C26H30N4O6. The van der Waals surface area contributed by atoms with E-state index in [1.807, 2.05) is 51.1 Å². The highest BCUT2D eigenvalue weighted by Crippen LogP contribution is 2.36. The van der Waals surface area contributed by atoms with E-state index in [0.717, 1.165) is 23.3 Å². The van der Waals surface area contributed by atoms with Crippen molar-refractivity contribution in [3.63, 3.8) is 0 Å². The number of methoxy groups -OCH3 is 1. The molecule has 0 saturated heterocycles. The maximum absolute atomic E-state index is 12.3. The van der Waals surface area contributed by atoms with Crippen LogP contribution in [-0.4, -0.2) is 58.2 Å². The Morgan fingerprint density at radius 1 is 1.06 bits per heavy atom. The number of ether oxygens (including phenoxy) is 2. The molecule has 10 nitrogen and oxygen atoms in total. The topological polar surface area (TPSA) is 133 Å². The molecule has 0 unspecified atom stereocenters. The third-order valence-corrected chi connectivity index (χ3v) is 5.33. The summed E-state index contributed by atoms with van der Waals surface area (Å²) in [6, 6.07) is 11.1. The highest BCUT2D eigenvalue weighted by atomic mass is 16.5. The minimum Gasteiger partial charge on any atom is -0.505 e. The monoisotopic (exact) mass is 494 g/mol. The Morgan fingerprint density at radius 3 is 2.31 bits per heavy atom. The van der Waals surface area contributed by atoms with Gasteiger partial charge in [-0.25, -0.2) is 9.59 Å². The van der Waals surface area contributed by atoms with Crippen LogP contribution in [0.1, 0.15) is 38.3 Å². The molecule has 0 aliphatic carbocycles. The van der Waals surface area contributed by atoms with Crippen LogP contribution >= 0.6 is 0 Å². The van der Waals surface area contributed by atoms with E-state index in [1.54, 1.807) is 6.07 Å². The van der Waals surface area contributed by atoms with Gasteiger partial charge in [0.25, 0.3) is 0 Å². The van der Waals surface area contributed by atoms with Crippen molar-refractivity contribution in [2.45, 2.75) is 39.0 Å². The van der Waals surface area contributed by atoms with Gasteiger partial charge < -0.3 is 19.9 Å². The van der Waals surface area contributed by atoms with Crippen LogP contribution in [0.5, 0.6) is 5.75 Å². The van der Waals surface area contributed by atoms with E-state index in [2.05, 4.69) is 20.3 Å². The van der Waals surface area contributed by atoms with Gasteiger partial charge in [-0.15, -0.1) is 15.0 Å². The van der Waals surface area contributed by atoms with E-state index in [4.69, 9.17) is 4.74 Å². The molecule has 3 aromatic rings. The number of carbonyl (C=O) groups is 3. The molecule has 0 fully saturated rings. The lowest BCUT2D eigenvalue weighted by atomic mass is 9.84. The first-order valence-corrected chi connectivity index (χ1v) is 11.5. The van der Waals surface area contributed by atoms with Crippen LogP contribution in [0.15, 0.2) is 48.6 Å². The molecule has 1 aromatic heterocycles. The number of esters is 2. The second-order valence-electron chi connectivity index (χ2n) is 9.11. The van der Waals surface area contributed by atoms with Crippen molar-refractivity contribution in [3.05, 3.63) is 59.7 Å². The van der Waals surface area contributed by atoms with Gasteiger partial charge in [0.2, 0.25) is 5.91 Å². The molecule has 2 aromatic carbocycles. The number of phenolic OH excluding ortho intramolecular Hbond substituents is 1. The zero-order valence-corrected chi connectivity index (χ0v) is 20.8.